The van der Waals surface area contributed by atoms with Crippen LogP contribution in [0.5, 0.6) is 0 Å². The van der Waals surface area contributed by atoms with Gasteiger partial charge >= 0.3 is 0 Å². The number of aromatic amines is 1. The summed E-state index contributed by atoms with van der Waals surface area (Å²) in [4.78, 5) is 2.72. The second kappa shape index (κ2) is 2.80. The van der Waals surface area contributed by atoms with Gasteiger partial charge in [-0.05, 0) is 5.53 Å². The molecule has 0 aliphatic carbocycles. The van der Waals surface area contributed by atoms with E-state index in [1.165, 1.54) is 0 Å². The Morgan fingerprint density at radius 2 is 2.75 bits per heavy atom. The third-order valence-electron chi connectivity index (χ3n) is 1.63. The van der Waals surface area contributed by atoms with Gasteiger partial charge in [0.15, 0.2) is 0 Å². The Hall–Kier alpha value is -1.59. The molecule has 1 aromatic rings. The molecule has 1 aliphatic rings. The molecule has 0 spiro atoms. The van der Waals surface area contributed by atoms with E-state index in [0.717, 1.165) is 0 Å². The van der Waals surface area contributed by atoms with Crippen LogP contribution in [0.15, 0.2) is 11.3 Å². The largest absolute Gasteiger partial charge is 0.372 e. The van der Waals surface area contributed by atoms with E-state index >= 15 is 0 Å². The quantitative estimate of drug-likeness (QED) is 0.307. The van der Waals surface area contributed by atoms with E-state index in [2.05, 4.69) is 25.4 Å². The van der Waals surface area contributed by atoms with Crippen molar-refractivity contribution in [3.63, 3.8) is 0 Å². The van der Waals surface area contributed by atoms with Crippen molar-refractivity contribution in [2.24, 2.45) is 5.11 Å². The first-order valence-electron chi connectivity index (χ1n) is 3.44. The highest BCUT2D eigenvalue weighted by atomic mass is 16.6. The number of rotatable bonds is 3. The van der Waals surface area contributed by atoms with Gasteiger partial charge in [0, 0.05) is 11.1 Å². The Morgan fingerprint density at radius 1 is 1.92 bits per heavy atom. The van der Waals surface area contributed by atoms with Gasteiger partial charge in [-0.25, -0.2) is 0 Å². The number of epoxide rings is 1. The Kier molecular flexibility index (Phi) is 1.65. The first-order valence-corrected chi connectivity index (χ1v) is 3.44. The Bertz CT molecular complexity index is 298. The third kappa shape index (κ3) is 1.23. The van der Waals surface area contributed by atoms with Crippen LogP contribution in [0.2, 0.25) is 0 Å². The predicted molar refractivity (Wildman–Crippen MR) is 38.0 cm³/mol. The summed E-state index contributed by atoms with van der Waals surface area (Å²) in [5, 5.41) is 13.4. The molecule has 7 heteroatoms. The highest BCUT2D eigenvalue weighted by Gasteiger charge is 2.34. The molecule has 1 fully saturated rings. The number of azide groups is 1. The van der Waals surface area contributed by atoms with Gasteiger partial charge in [0.05, 0.1) is 18.4 Å². The van der Waals surface area contributed by atoms with E-state index in [-0.39, 0.29) is 12.1 Å². The smallest absolute Gasteiger partial charge is 0.112 e. The predicted octanol–water partition coefficient (Wildman–Crippen LogP) is 0.555. The van der Waals surface area contributed by atoms with Gasteiger partial charge in [-0.2, -0.15) is 0 Å². The molecule has 62 valence electrons. The Balaban J connectivity index is 2.21. The van der Waals surface area contributed by atoms with Crippen LogP contribution in [-0.2, 0) is 4.74 Å². The SMILES string of the molecule is [N-]=[N+]=NC(c1c[nH]nn1)C1CO1. The molecule has 2 unspecified atom stereocenters. The van der Waals surface area contributed by atoms with Crippen molar-refractivity contribution in [1.82, 2.24) is 15.4 Å². The highest BCUT2D eigenvalue weighted by Crippen LogP contribution is 2.29. The lowest BCUT2D eigenvalue weighted by molar-refractivity contribution is 0.373. The first kappa shape index (κ1) is 7.08. The third-order valence-corrected chi connectivity index (χ3v) is 1.63. The van der Waals surface area contributed by atoms with Crippen molar-refractivity contribution in [1.29, 1.82) is 0 Å². The summed E-state index contributed by atoms with van der Waals surface area (Å²) in [6.45, 7) is 0.622. The van der Waals surface area contributed by atoms with Crippen molar-refractivity contribution in [2.75, 3.05) is 6.61 Å². The van der Waals surface area contributed by atoms with E-state index in [1.807, 2.05) is 0 Å². The Morgan fingerprint density at radius 3 is 3.25 bits per heavy atom. The maximum absolute atomic E-state index is 8.26. The molecular weight excluding hydrogens is 160 g/mol. The lowest BCUT2D eigenvalue weighted by Gasteiger charge is -2.00. The number of ether oxygens (including phenoxy) is 1. The van der Waals surface area contributed by atoms with Crippen LogP contribution >= 0.6 is 0 Å². The molecular formula is C5H6N6O. The topological polar surface area (TPSA) is 103 Å². The summed E-state index contributed by atoms with van der Waals surface area (Å²) >= 11 is 0. The minimum absolute atomic E-state index is 0.0222. The van der Waals surface area contributed by atoms with Gasteiger partial charge in [0.2, 0.25) is 0 Å². The fourth-order valence-corrected chi connectivity index (χ4v) is 0.972. The summed E-state index contributed by atoms with van der Waals surface area (Å²) in [6.07, 6.45) is 1.58. The van der Waals surface area contributed by atoms with Crippen molar-refractivity contribution >= 4 is 0 Å². The molecule has 2 rings (SSSR count). The van der Waals surface area contributed by atoms with Gasteiger partial charge in [-0.3, -0.25) is 5.10 Å². The van der Waals surface area contributed by atoms with Crippen molar-refractivity contribution < 1.29 is 4.74 Å². The normalized spacial score (nSPS) is 22.8. The van der Waals surface area contributed by atoms with Crippen molar-refractivity contribution in [3.05, 3.63) is 22.3 Å². The van der Waals surface area contributed by atoms with Crippen LogP contribution in [-0.4, -0.2) is 28.1 Å². The first-order chi connectivity index (χ1) is 5.92. The monoisotopic (exact) mass is 166 g/mol. The summed E-state index contributed by atoms with van der Waals surface area (Å²) in [6, 6.07) is -0.339. The van der Waals surface area contributed by atoms with E-state index in [1.54, 1.807) is 6.20 Å². The molecule has 0 saturated carbocycles. The number of hydrogen-bond acceptors (Lipinski definition) is 4. The van der Waals surface area contributed by atoms with Crippen molar-refractivity contribution in [2.45, 2.75) is 12.1 Å². The second-order valence-electron chi connectivity index (χ2n) is 2.42. The van der Waals surface area contributed by atoms with Gasteiger partial charge in [-0.15, -0.1) is 5.10 Å². The lowest BCUT2D eigenvalue weighted by atomic mass is 10.2. The van der Waals surface area contributed by atoms with Crippen LogP contribution in [0.25, 0.3) is 10.4 Å². The molecule has 1 aromatic heterocycles. The molecule has 1 aliphatic heterocycles. The molecule has 0 amide bonds. The average molecular weight is 166 g/mol. The zero-order valence-corrected chi connectivity index (χ0v) is 6.08. The molecule has 0 bridgehead atoms. The summed E-state index contributed by atoms with van der Waals surface area (Å²) in [7, 11) is 0. The molecule has 2 heterocycles. The van der Waals surface area contributed by atoms with Gasteiger partial charge < -0.3 is 4.74 Å². The molecule has 1 N–H and O–H groups in total. The van der Waals surface area contributed by atoms with Crippen LogP contribution < -0.4 is 0 Å². The van der Waals surface area contributed by atoms with Gasteiger partial charge in [0.25, 0.3) is 0 Å². The summed E-state index contributed by atoms with van der Waals surface area (Å²) in [5.74, 6) is 0. The fraction of sp³-hybridized carbons (Fsp3) is 0.600. The van der Waals surface area contributed by atoms with E-state index in [4.69, 9.17) is 10.3 Å². The van der Waals surface area contributed by atoms with E-state index in [0.29, 0.717) is 12.3 Å². The highest BCUT2D eigenvalue weighted by molar-refractivity contribution is 5.06. The zero-order chi connectivity index (χ0) is 8.39. The molecule has 12 heavy (non-hydrogen) atoms. The maximum Gasteiger partial charge on any atom is 0.112 e. The number of nitrogens with zero attached hydrogens (tertiary/aromatic N) is 5. The summed E-state index contributed by atoms with van der Waals surface area (Å²) in [5.41, 5.74) is 8.88. The van der Waals surface area contributed by atoms with E-state index < -0.39 is 0 Å². The molecule has 0 aromatic carbocycles. The summed E-state index contributed by atoms with van der Waals surface area (Å²) < 4.78 is 5.00. The van der Waals surface area contributed by atoms with Crippen LogP contribution in [0.4, 0.5) is 0 Å². The molecule has 0 radical (unpaired) electrons. The minimum Gasteiger partial charge on any atom is -0.372 e. The van der Waals surface area contributed by atoms with E-state index in [9.17, 15) is 0 Å². The number of nitrogens with one attached hydrogen (secondary N) is 1. The number of H-pyrrole nitrogens is 1. The number of hydrogen-bond donors (Lipinski definition) is 1. The van der Waals surface area contributed by atoms with Crippen LogP contribution in [0, 0.1) is 0 Å². The van der Waals surface area contributed by atoms with Crippen LogP contribution in [0.1, 0.15) is 11.7 Å². The zero-order valence-electron chi connectivity index (χ0n) is 6.08. The Labute approximate surface area is 67.4 Å². The lowest BCUT2D eigenvalue weighted by Crippen LogP contribution is -2.02. The average Bonchev–Trinajstić information content (AvgIpc) is 2.77. The fourth-order valence-electron chi connectivity index (χ4n) is 0.972. The molecule has 7 nitrogen and oxygen atoms in total. The molecule has 2 atom stereocenters. The van der Waals surface area contributed by atoms with Crippen molar-refractivity contribution in [3.8, 4) is 0 Å². The maximum atomic E-state index is 8.26. The standard InChI is InChI=1S/C5H6N6O/c6-10-9-5(4-2-12-4)3-1-7-11-8-3/h1,4-5H,2H2,(H,7,8,11). The number of aromatic nitrogens is 3. The molecule has 1 saturated heterocycles. The minimum atomic E-state index is -0.339. The van der Waals surface area contributed by atoms with Gasteiger partial charge in [0.1, 0.15) is 6.04 Å². The van der Waals surface area contributed by atoms with Gasteiger partial charge in [-0.1, -0.05) is 10.3 Å². The van der Waals surface area contributed by atoms with Crippen LogP contribution in [0.3, 0.4) is 0 Å². The second-order valence-corrected chi connectivity index (χ2v) is 2.42.